The molecular formula is C25H24F2N6O3. The Morgan fingerprint density at radius 2 is 1.78 bits per heavy atom. The van der Waals surface area contributed by atoms with E-state index in [1.54, 1.807) is 24.5 Å². The van der Waals surface area contributed by atoms with E-state index < -0.39 is 23.3 Å². The number of aryl methyl sites for hydroxylation is 2. The van der Waals surface area contributed by atoms with E-state index >= 15 is 0 Å². The molecule has 0 amide bonds. The minimum absolute atomic E-state index is 0.0418. The number of fused-ring (bicyclic) bond motifs is 2. The molecule has 2 aromatic carbocycles. The number of H-pyrrole nitrogens is 1. The highest BCUT2D eigenvalue weighted by atomic mass is 19.1. The van der Waals surface area contributed by atoms with Crippen LogP contribution < -0.4 is 11.0 Å². The highest BCUT2D eigenvalue weighted by Crippen LogP contribution is 2.32. The van der Waals surface area contributed by atoms with Crippen molar-refractivity contribution in [2.45, 2.75) is 19.4 Å². The summed E-state index contributed by atoms with van der Waals surface area (Å²) >= 11 is 0. The lowest BCUT2D eigenvalue weighted by Crippen LogP contribution is -2.20. The zero-order chi connectivity index (χ0) is 25.4. The molecule has 5 aromatic rings. The highest BCUT2D eigenvalue weighted by Gasteiger charge is 2.21. The smallest absolute Gasteiger partial charge is 0.348 e. The molecule has 0 aliphatic heterocycles. The zero-order valence-corrected chi connectivity index (χ0v) is 19.5. The predicted octanol–water partition coefficient (Wildman–Crippen LogP) is 3.41. The second-order valence-electron chi connectivity index (χ2n) is 8.62. The number of halogens is 2. The van der Waals surface area contributed by atoms with Gasteiger partial charge < -0.3 is 19.6 Å². The molecule has 0 aliphatic carbocycles. The minimum Gasteiger partial charge on any atom is -0.481 e. The summed E-state index contributed by atoms with van der Waals surface area (Å²) in [7, 11) is 1.82. The molecule has 0 spiro atoms. The van der Waals surface area contributed by atoms with Crippen LogP contribution in [0.5, 0.6) is 0 Å². The summed E-state index contributed by atoms with van der Waals surface area (Å²) in [6.45, 7) is 1.53. The van der Waals surface area contributed by atoms with Crippen molar-refractivity contribution in [3.63, 3.8) is 0 Å². The number of carbonyl (C=O) groups is 1. The third-order valence-electron chi connectivity index (χ3n) is 6.20. The molecule has 0 atom stereocenters. The monoisotopic (exact) mass is 494 g/mol. The first-order valence-electron chi connectivity index (χ1n) is 11.5. The lowest BCUT2D eigenvalue weighted by atomic mass is 10.1. The standard InChI is InChI=1S/C25H24F2N6O3/c1-31-13-19(17-11-15(26)3-5-20(17)31)24-29-30-25(36)33(24)22-14-32(10-2-8-28-9-7-23(34)35)21-6-4-16(27)12-18(21)22/h3-6,11-14,28H,2,7-10H2,1H3,(H,30,36)(H,34,35). The average molecular weight is 495 g/mol. The molecule has 0 aliphatic rings. The van der Waals surface area contributed by atoms with Crippen molar-refractivity contribution < 1.29 is 18.7 Å². The van der Waals surface area contributed by atoms with Crippen LogP contribution >= 0.6 is 0 Å². The van der Waals surface area contributed by atoms with Gasteiger partial charge in [0, 0.05) is 54.4 Å². The number of aromatic nitrogens is 5. The first-order valence-corrected chi connectivity index (χ1v) is 11.5. The van der Waals surface area contributed by atoms with Gasteiger partial charge >= 0.3 is 11.7 Å². The second-order valence-corrected chi connectivity index (χ2v) is 8.62. The lowest BCUT2D eigenvalue weighted by Gasteiger charge is -2.06. The van der Waals surface area contributed by atoms with E-state index in [1.165, 1.54) is 28.8 Å². The Bertz CT molecular complexity index is 1650. The fraction of sp³-hybridized carbons (Fsp3) is 0.240. The Balaban J connectivity index is 1.56. The lowest BCUT2D eigenvalue weighted by molar-refractivity contribution is -0.136. The largest absolute Gasteiger partial charge is 0.481 e. The van der Waals surface area contributed by atoms with Gasteiger partial charge in [-0.05, 0) is 49.4 Å². The molecule has 5 rings (SSSR count). The van der Waals surface area contributed by atoms with Crippen molar-refractivity contribution in [1.82, 2.24) is 29.2 Å². The second kappa shape index (κ2) is 9.42. The predicted molar refractivity (Wildman–Crippen MR) is 131 cm³/mol. The quantitative estimate of drug-likeness (QED) is 0.272. The van der Waals surface area contributed by atoms with E-state index in [0.717, 1.165) is 11.0 Å². The summed E-state index contributed by atoms with van der Waals surface area (Å²) in [6.07, 6.45) is 4.28. The van der Waals surface area contributed by atoms with Gasteiger partial charge in [0.2, 0.25) is 0 Å². The van der Waals surface area contributed by atoms with Crippen molar-refractivity contribution in [2.75, 3.05) is 13.1 Å². The summed E-state index contributed by atoms with van der Waals surface area (Å²) in [5.74, 6) is -1.42. The molecule has 186 valence electrons. The van der Waals surface area contributed by atoms with Crippen molar-refractivity contribution >= 4 is 27.8 Å². The molecule has 36 heavy (non-hydrogen) atoms. The molecule has 0 fully saturated rings. The number of nitrogens with zero attached hydrogens (tertiary/aromatic N) is 4. The third kappa shape index (κ3) is 4.29. The average Bonchev–Trinajstić information content (AvgIpc) is 3.48. The SMILES string of the molecule is Cn1cc(-c2n[nH]c(=O)n2-c2cn(CCCNCCC(=O)O)c3ccc(F)cc23)c2cc(F)ccc21. The minimum atomic E-state index is -0.860. The number of rotatable bonds is 9. The summed E-state index contributed by atoms with van der Waals surface area (Å²) in [5, 5.41) is 19.7. The van der Waals surface area contributed by atoms with Crippen LogP contribution in [0.3, 0.4) is 0 Å². The molecule has 0 saturated heterocycles. The third-order valence-corrected chi connectivity index (χ3v) is 6.20. The van der Waals surface area contributed by atoms with E-state index in [9.17, 15) is 18.4 Å². The number of hydrogen-bond acceptors (Lipinski definition) is 4. The maximum absolute atomic E-state index is 14.3. The van der Waals surface area contributed by atoms with Gasteiger partial charge in [0.05, 0.1) is 17.6 Å². The van der Waals surface area contributed by atoms with E-state index in [1.807, 2.05) is 16.2 Å². The number of carboxylic acid groups (broad SMARTS) is 1. The van der Waals surface area contributed by atoms with E-state index in [2.05, 4.69) is 15.5 Å². The molecule has 0 bridgehead atoms. The number of aromatic amines is 1. The van der Waals surface area contributed by atoms with Crippen LogP contribution in [-0.4, -0.2) is 48.1 Å². The Kier molecular flexibility index (Phi) is 6.15. The van der Waals surface area contributed by atoms with E-state index in [-0.39, 0.29) is 12.2 Å². The van der Waals surface area contributed by atoms with Crippen LogP contribution in [0.2, 0.25) is 0 Å². The normalized spacial score (nSPS) is 11.6. The Hall–Kier alpha value is -4.25. The van der Waals surface area contributed by atoms with Crippen LogP contribution in [0.4, 0.5) is 8.78 Å². The molecule has 11 heteroatoms. The van der Waals surface area contributed by atoms with Gasteiger partial charge in [-0.2, -0.15) is 5.10 Å². The first-order chi connectivity index (χ1) is 17.3. The molecule has 3 heterocycles. The van der Waals surface area contributed by atoms with Crippen LogP contribution in [0.15, 0.2) is 53.6 Å². The topological polar surface area (TPSA) is 110 Å². The summed E-state index contributed by atoms with van der Waals surface area (Å²) in [5.41, 5.74) is 2.02. The molecule has 9 nitrogen and oxygen atoms in total. The number of carboxylic acids is 1. The zero-order valence-electron chi connectivity index (χ0n) is 19.5. The number of benzene rings is 2. The van der Waals surface area contributed by atoms with Crippen molar-refractivity contribution in [3.05, 3.63) is 70.9 Å². The number of hydrogen-bond donors (Lipinski definition) is 3. The Morgan fingerprint density at radius 3 is 2.53 bits per heavy atom. The van der Waals surface area contributed by atoms with E-state index in [4.69, 9.17) is 5.11 Å². The van der Waals surface area contributed by atoms with E-state index in [0.29, 0.717) is 48.1 Å². The number of aliphatic carboxylic acids is 1. The van der Waals surface area contributed by atoms with Crippen LogP contribution in [-0.2, 0) is 18.4 Å². The van der Waals surface area contributed by atoms with Crippen molar-refractivity contribution in [2.24, 2.45) is 7.05 Å². The van der Waals surface area contributed by atoms with Crippen LogP contribution in [0.25, 0.3) is 38.9 Å². The van der Waals surface area contributed by atoms with Crippen molar-refractivity contribution in [3.8, 4) is 17.1 Å². The fourth-order valence-corrected chi connectivity index (χ4v) is 4.55. The van der Waals surface area contributed by atoms with Gasteiger partial charge in [0.25, 0.3) is 0 Å². The van der Waals surface area contributed by atoms with Gasteiger partial charge in [0.15, 0.2) is 5.82 Å². The van der Waals surface area contributed by atoms with Crippen LogP contribution in [0, 0.1) is 11.6 Å². The molecular weight excluding hydrogens is 470 g/mol. The van der Waals surface area contributed by atoms with Gasteiger partial charge in [0.1, 0.15) is 11.6 Å². The molecule has 3 aromatic heterocycles. The van der Waals surface area contributed by atoms with Gasteiger partial charge in [-0.1, -0.05) is 0 Å². The molecule has 0 saturated carbocycles. The van der Waals surface area contributed by atoms with Gasteiger partial charge in [-0.25, -0.2) is 23.2 Å². The van der Waals surface area contributed by atoms with Crippen LogP contribution in [0.1, 0.15) is 12.8 Å². The summed E-state index contributed by atoms with van der Waals surface area (Å²) in [4.78, 5) is 23.6. The maximum Gasteiger partial charge on any atom is 0.348 e. The molecule has 0 radical (unpaired) electrons. The summed E-state index contributed by atoms with van der Waals surface area (Å²) < 4.78 is 33.5. The molecule has 0 unspecified atom stereocenters. The summed E-state index contributed by atoms with van der Waals surface area (Å²) in [6, 6.07) is 8.82. The maximum atomic E-state index is 14.3. The fourth-order valence-electron chi connectivity index (χ4n) is 4.55. The Labute approximate surface area is 203 Å². The molecule has 3 N–H and O–H groups in total. The van der Waals surface area contributed by atoms with Crippen molar-refractivity contribution in [1.29, 1.82) is 0 Å². The Morgan fingerprint density at radius 1 is 1.06 bits per heavy atom. The number of nitrogens with one attached hydrogen (secondary N) is 2. The van der Waals surface area contributed by atoms with Gasteiger partial charge in [-0.3, -0.25) is 4.79 Å². The highest BCUT2D eigenvalue weighted by molar-refractivity contribution is 5.96. The first kappa shape index (κ1) is 23.5. The van der Waals surface area contributed by atoms with Gasteiger partial charge in [-0.15, -0.1) is 0 Å².